The molecule has 2 aliphatic rings. The van der Waals surface area contributed by atoms with Gasteiger partial charge in [-0.05, 0) is 38.8 Å². The van der Waals surface area contributed by atoms with Crippen LogP contribution in [0.2, 0.25) is 0 Å². The fourth-order valence-corrected chi connectivity index (χ4v) is 2.50. The summed E-state index contributed by atoms with van der Waals surface area (Å²) in [5, 5.41) is 0. The highest BCUT2D eigenvalue weighted by Crippen LogP contribution is 2.20. The number of hydrogen-bond donors (Lipinski definition) is 1. The van der Waals surface area contributed by atoms with Crippen LogP contribution in [0.25, 0.3) is 0 Å². The van der Waals surface area contributed by atoms with Crippen LogP contribution in [0.5, 0.6) is 0 Å². The average molecular weight is 198 g/mol. The van der Waals surface area contributed by atoms with Crippen molar-refractivity contribution in [2.75, 3.05) is 32.8 Å². The molecule has 2 rings (SSSR count). The zero-order chi connectivity index (χ0) is 9.86. The summed E-state index contributed by atoms with van der Waals surface area (Å²) in [6.45, 7) is 5.28. The molecule has 0 saturated carbocycles. The van der Waals surface area contributed by atoms with Gasteiger partial charge in [-0.2, -0.15) is 0 Å². The number of likely N-dealkylation sites (tertiary alicyclic amines) is 1. The molecule has 0 aliphatic carbocycles. The van der Waals surface area contributed by atoms with Gasteiger partial charge in [-0.15, -0.1) is 0 Å². The first-order valence-electron chi connectivity index (χ1n) is 5.88. The van der Waals surface area contributed by atoms with Crippen LogP contribution in [0.3, 0.4) is 0 Å². The van der Waals surface area contributed by atoms with E-state index < -0.39 is 0 Å². The van der Waals surface area contributed by atoms with Crippen LogP contribution in [0.15, 0.2) is 0 Å². The van der Waals surface area contributed by atoms with Gasteiger partial charge >= 0.3 is 0 Å². The normalized spacial score (nSPS) is 28.9. The van der Waals surface area contributed by atoms with Crippen molar-refractivity contribution in [3.8, 4) is 0 Å². The van der Waals surface area contributed by atoms with Gasteiger partial charge in [0.05, 0.1) is 0 Å². The van der Waals surface area contributed by atoms with Gasteiger partial charge in [0.2, 0.25) is 0 Å². The lowest BCUT2D eigenvalue weighted by Gasteiger charge is -2.39. The van der Waals surface area contributed by atoms with Gasteiger partial charge in [0.25, 0.3) is 0 Å². The third-order valence-electron chi connectivity index (χ3n) is 3.48. The number of piperidine rings is 1. The third-order valence-corrected chi connectivity index (χ3v) is 3.48. The van der Waals surface area contributed by atoms with Gasteiger partial charge < -0.3 is 15.4 Å². The SMILES string of the molecule is NC1(CN2CCCCC2)CCOCC1. The Balaban J connectivity index is 1.81. The molecule has 0 spiro atoms. The molecule has 2 saturated heterocycles. The molecule has 3 nitrogen and oxygen atoms in total. The van der Waals surface area contributed by atoms with Crippen LogP contribution in [0.1, 0.15) is 32.1 Å². The largest absolute Gasteiger partial charge is 0.381 e. The standard InChI is InChI=1S/C11H22N2O/c12-11(4-8-14-9-5-11)10-13-6-2-1-3-7-13/h1-10,12H2. The summed E-state index contributed by atoms with van der Waals surface area (Å²) in [6, 6.07) is 0. The molecule has 0 radical (unpaired) electrons. The minimum atomic E-state index is 0.0373. The second-order valence-electron chi connectivity index (χ2n) is 4.81. The van der Waals surface area contributed by atoms with E-state index in [0.29, 0.717) is 0 Å². The van der Waals surface area contributed by atoms with Gasteiger partial charge in [0.15, 0.2) is 0 Å². The van der Waals surface area contributed by atoms with Gasteiger partial charge in [0, 0.05) is 25.3 Å². The molecule has 82 valence electrons. The predicted molar refractivity (Wildman–Crippen MR) is 57.3 cm³/mol. The summed E-state index contributed by atoms with van der Waals surface area (Å²) >= 11 is 0. The highest BCUT2D eigenvalue weighted by molar-refractivity contribution is 4.90. The molecule has 0 aromatic rings. The van der Waals surface area contributed by atoms with Crippen molar-refractivity contribution >= 4 is 0 Å². The van der Waals surface area contributed by atoms with Crippen molar-refractivity contribution in [2.45, 2.75) is 37.6 Å². The lowest BCUT2D eigenvalue weighted by atomic mass is 9.90. The van der Waals surface area contributed by atoms with Gasteiger partial charge in [-0.3, -0.25) is 0 Å². The molecule has 0 unspecified atom stereocenters. The molecule has 0 atom stereocenters. The number of hydrogen-bond acceptors (Lipinski definition) is 3. The molecule has 2 aliphatic heterocycles. The summed E-state index contributed by atoms with van der Waals surface area (Å²) < 4.78 is 5.36. The summed E-state index contributed by atoms with van der Waals surface area (Å²) in [5.41, 5.74) is 6.41. The predicted octanol–water partition coefficient (Wildman–Crippen LogP) is 0.980. The van der Waals surface area contributed by atoms with E-state index >= 15 is 0 Å². The average Bonchev–Trinajstić information content (AvgIpc) is 2.19. The minimum Gasteiger partial charge on any atom is -0.381 e. The second-order valence-corrected chi connectivity index (χ2v) is 4.81. The molecule has 3 heteroatoms. The Bertz CT molecular complexity index is 172. The molecule has 0 bridgehead atoms. The van der Waals surface area contributed by atoms with Crippen molar-refractivity contribution in [3.63, 3.8) is 0 Å². The van der Waals surface area contributed by atoms with E-state index in [1.165, 1.54) is 32.4 Å². The quantitative estimate of drug-likeness (QED) is 0.719. The number of nitrogens with zero attached hydrogens (tertiary/aromatic N) is 1. The first-order valence-corrected chi connectivity index (χ1v) is 5.88. The van der Waals surface area contributed by atoms with E-state index in [1.54, 1.807) is 0 Å². The van der Waals surface area contributed by atoms with Crippen LogP contribution in [-0.2, 0) is 4.74 Å². The second kappa shape index (κ2) is 4.60. The number of rotatable bonds is 2. The molecule has 2 N–H and O–H groups in total. The van der Waals surface area contributed by atoms with Crippen molar-refractivity contribution in [2.24, 2.45) is 5.73 Å². The maximum atomic E-state index is 6.37. The zero-order valence-corrected chi connectivity index (χ0v) is 9.00. The van der Waals surface area contributed by atoms with E-state index in [-0.39, 0.29) is 5.54 Å². The fraction of sp³-hybridized carbons (Fsp3) is 1.00. The van der Waals surface area contributed by atoms with E-state index in [2.05, 4.69) is 4.90 Å². The van der Waals surface area contributed by atoms with E-state index in [1.807, 2.05) is 0 Å². The van der Waals surface area contributed by atoms with Crippen molar-refractivity contribution < 1.29 is 4.74 Å². The Labute approximate surface area is 86.6 Å². The lowest BCUT2D eigenvalue weighted by Crippen LogP contribution is -2.54. The van der Waals surface area contributed by atoms with Crippen LogP contribution < -0.4 is 5.73 Å². The van der Waals surface area contributed by atoms with Gasteiger partial charge in [-0.25, -0.2) is 0 Å². The Morgan fingerprint density at radius 3 is 2.36 bits per heavy atom. The Hall–Kier alpha value is -0.120. The molecule has 14 heavy (non-hydrogen) atoms. The van der Waals surface area contributed by atoms with Gasteiger partial charge in [-0.1, -0.05) is 6.42 Å². The molecule has 0 aromatic carbocycles. The summed E-state index contributed by atoms with van der Waals surface area (Å²) in [6.07, 6.45) is 6.17. The Morgan fingerprint density at radius 1 is 1.07 bits per heavy atom. The molecule has 2 fully saturated rings. The van der Waals surface area contributed by atoms with Crippen molar-refractivity contribution in [1.82, 2.24) is 4.90 Å². The fourth-order valence-electron chi connectivity index (χ4n) is 2.50. The molecule has 0 amide bonds. The van der Waals surface area contributed by atoms with E-state index in [4.69, 9.17) is 10.5 Å². The summed E-state index contributed by atoms with van der Waals surface area (Å²) in [7, 11) is 0. The molecular weight excluding hydrogens is 176 g/mol. The molecular formula is C11H22N2O. The topological polar surface area (TPSA) is 38.5 Å². The molecule has 0 aromatic heterocycles. The van der Waals surface area contributed by atoms with Crippen molar-refractivity contribution in [3.05, 3.63) is 0 Å². The van der Waals surface area contributed by atoms with Crippen LogP contribution >= 0.6 is 0 Å². The first-order chi connectivity index (χ1) is 6.79. The zero-order valence-electron chi connectivity index (χ0n) is 9.00. The highest BCUT2D eigenvalue weighted by atomic mass is 16.5. The van der Waals surface area contributed by atoms with Gasteiger partial charge in [0.1, 0.15) is 0 Å². The number of nitrogens with two attached hydrogens (primary N) is 1. The Kier molecular flexibility index (Phi) is 3.42. The minimum absolute atomic E-state index is 0.0373. The van der Waals surface area contributed by atoms with E-state index in [0.717, 1.165) is 32.6 Å². The van der Waals surface area contributed by atoms with E-state index in [9.17, 15) is 0 Å². The smallest absolute Gasteiger partial charge is 0.0484 e. The summed E-state index contributed by atoms with van der Waals surface area (Å²) in [4.78, 5) is 2.54. The monoisotopic (exact) mass is 198 g/mol. The molecule has 2 heterocycles. The van der Waals surface area contributed by atoms with Crippen LogP contribution in [0, 0.1) is 0 Å². The number of ether oxygens (including phenoxy) is 1. The summed E-state index contributed by atoms with van der Waals surface area (Å²) in [5.74, 6) is 0. The Morgan fingerprint density at radius 2 is 1.71 bits per heavy atom. The maximum absolute atomic E-state index is 6.37. The lowest BCUT2D eigenvalue weighted by molar-refractivity contribution is 0.0349. The maximum Gasteiger partial charge on any atom is 0.0484 e. The van der Waals surface area contributed by atoms with Crippen LogP contribution in [0.4, 0.5) is 0 Å². The van der Waals surface area contributed by atoms with Crippen LogP contribution in [-0.4, -0.2) is 43.3 Å². The van der Waals surface area contributed by atoms with Crippen molar-refractivity contribution in [1.29, 1.82) is 0 Å². The highest BCUT2D eigenvalue weighted by Gasteiger charge is 2.30. The first kappa shape index (κ1) is 10.4. The third kappa shape index (κ3) is 2.69.